The minimum Gasteiger partial charge on any atom is -0.343 e. The van der Waals surface area contributed by atoms with Crippen molar-refractivity contribution >= 4 is 35.0 Å². The smallest absolute Gasteiger partial charge is 0.254 e. The largest absolute Gasteiger partial charge is 0.343 e. The van der Waals surface area contributed by atoms with Crippen molar-refractivity contribution in [2.24, 2.45) is 17.8 Å². The molecule has 220 valence electrons. The average molecular weight is 583 g/mol. The number of hydrogen-bond acceptors (Lipinski definition) is 4. The second-order valence-corrected chi connectivity index (χ2v) is 12.4. The van der Waals surface area contributed by atoms with Crippen LogP contribution in [0.5, 0.6) is 0 Å². The lowest BCUT2D eigenvalue weighted by Crippen LogP contribution is -2.44. The van der Waals surface area contributed by atoms with E-state index in [9.17, 15) is 18.8 Å². The maximum Gasteiger partial charge on any atom is 0.254 e. The van der Waals surface area contributed by atoms with Crippen LogP contribution in [0.25, 0.3) is 0 Å². The zero-order valence-electron chi connectivity index (χ0n) is 24.2. The SMILES string of the molecule is CC(=O)N1CCC(C(=O)N(CCCN2CC3CN(C(=O)c4cccc(F)c4C)CC3C2)c2ccc(C)c(Cl)c2)CC1. The zero-order valence-corrected chi connectivity index (χ0v) is 25.0. The van der Waals surface area contributed by atoms with Gasteiger partial charge in [-0.05, 0) is 86.9 Å². The van der Waals surface area contributed by atoms with Gasteiger partial charge in [0.05, 0.1) is 0 Å². The van der Waals surface area contributed by atoms with Crippen molar-refractivity contribution in [2.45, 2.75) is 40.0 Å². The molecule has 3 saturated heterocycles. The van der Waals surface area contributed by atoms with Crippen LogP contribution in [0, 0.1) is 37.4 Å². The summed E-state index contributed by atoms with van der Waals surface area (Å²) in [5.41, 5.74) is 2.66. The summed E-state index contributed by atoms with van der Waals surface area (Å²) in [6, 6.07) is 10.5. The first kappa shape index (κ1) is 29.5. The van der Waals surface area contributed by atoms with Gasteiger partial charge in [-0.2, -0.15) is 0 Å². The molecule has 5 rings (SSSR count). The Bertz CT molecular complexity index is 1300. The predicted octanol–water partition coefficient (Wildman–Crippen LogP) is 4.78. The lowest BCUT2D eigenvalue weighted by molar-refractivity contribution is -0.133. The number of carbonyl (C=O) groups is 3. The number of fused-ring (bicyclic) bond motifs is 1. The third-order valence-corrected chi connectivity index (χ3v) is 9.63. The number of aryl methyl sites for hydroxylation is 1. The van der Waals surface area contributed by atoms with Crippen LogP contribution < -0.4 is 4.90 Å². The van der Waals surface area contributed by atoms with E-state index < -0.39 is 0 Å². The Hall–Kier alpha value is -2.97. The fourth-order valence-corrected chi connectivity index (χ4v) is 6.85. The molecule has 0 spiro atoms. The molecule has 3 fully saturated rings. The Kier molecular flexibility index (Phi) is 9.00. The summed E-state index contributed by atoms with van der Waals surface area (Å²) < 4.78 is 14.0. The Morgan fingerprint density at radius 1 is 0.976 bits per heavy atom. The summed E-state index contributed by atoms with van der Waals surface area (Å²) in [7, 11) is 0. The molecule has 7 nitrogen and oxygen atoms in total. The second kappa shape index (κ2) is 12.5. The number of anilines is 1. The van der Waals surface area contributed by atoms with Crippen LogP contribution in [0.3, 0.4) is 0 Å². The number of nitrogens with zero attached hydrogens (tertiary/aromatic N) is 4. The average Bonchev–Trinajstić information content (AvgIpc) is 3.53. The highest BCUT2D eigenvalue weighted by molar-refractivity contribution is 6.31. The monoisotopic (exact) mass is 582 g/mol. The van der Waals surface area contributed by atoms with Gasteiger partial charge in [0.2, 0.25) is 11.8 Å². The number of amides is 3. The highest BCUT2D eigenvalue weighted by Crippen LogP contribution is 2.33. The minimum atomic E-state index is -0.344. The fraction of sp³-hybridized carbons (Fsp3) is 0.531. The predicted molar refractivity (Wildman–Crippen MR) is 159 cm³/mol. The van der Waals surface area contributed by atoms with Gasteiger partial charge >= 0.3 is 0 Å². The van der Waals surface area contributed by atoms with E-state index in [4.69, 9.17) is 11.6 Å². The van der Waals surface area contributed by atoms with Crippen LogP contribution in [0.2, 0.25) is 5.02 Å². The minimum absolute atomic E-state index is 0.0602. The lowest BCUT2D eigenvalue weighted by Gasteiger charge is -2.34. The molecule has 0 radical (unpaired) electrons. The summed E-state index contributed by atoms with van der Waals surface area (Å²) >= 11 is 6.45. The standard InChI is InChI=1S/C32H40ClFN4O3/c1-21-8-9-27(16-29(21)33)38(31(40)24-10-14-36(15-11-24)23(3)39)13-5-12-35-17-25-19-37(20-26(25)18-35)32(41)28-6-4-7-30(34)22(28)2/h4,6-9,16,24-26H,5,10-15,17-20H2,1-3H3. The molecule has 2 atom stereocenters. The third kappa shape index (κ3) is 6.44. The Morgan fingerprint density at radius 3 is 2.29 bits per heavy atom. The number of benzene rings is 2. The molecule has 3 aliphatic rings. The highest BCUT2D eigenvalue weighted by atomic mass is 35.5. The van der Waals surface area contributed by atoms with E-state index in [0.717, 1.165) is 37.3 Å². The first-order valence-corrected chi connectivity index (χ1v) is 15.1. The van der Waals surface area contributed by atoms with Crippen LogP contribution in [-0.4, -0.2) is 84.8 Å². The van der Waals surface area contributed by atoms with Gasteiger partial charge in [-0.15, -0.1) is 0 Å². The van der Waals surface area contributed by atoms with E-state index in [2.05, 4.69) is 4.90 Å². The number of carbonyl (C=O) groups excluding carboxylic acids is 3. The van der Waals surface area contributed by atoms with Crippen molar-refractivity contribution in [3.63, 3.8) is 0 Å². The maximum absolute atomic E-state index is 14.0. The summed E-state index contributed by atoms with van der Waals surface area (Å²) in [6.45, 7) is 11.1. The van der Waals surface area contributed by atoms with Crippen LogP contribution in [0.4, 0.5) is 10.1 Å². The molecule has 0 bridgehead atoms. The van der Waals surface area contributed by atoms with Crippen molar-refractivity contribution in [2.75, 3.05) is 57.3 Å². The molecule has 2 unspecified atom stereocenters. The van der Waals surface area contributed by atoms with Gasteiger partial charge in [0, 0.05) is 74.9 Å². The van der Waals surface area contributed by atoms with Gasteiger partial charge < -0.3 is 19.6 Å². The van der Waals surface area contributed by atoms with Crippen molar-refractivity contribution in [1.82, 2.24) is 14.7 Å². The van der Waals surface area contributed by atoms with Crippen molar-refractivity contribution in [3.8, 4) is 0 Å². The number of rotatable bonds is 7. The van der Waals surface area contributed by atoms with Gasteiger partial charge in [0.15, 0.2) is 0 Å². The Morgan fingerprint density at radius 2 is 1.66 bits per heavy atom. The molecule has 2 aromatic rings. The summed E-state index contributed by atoms with van der Waals surface area (Å²) in [6.07, 6.45) is 2.18. The molecule has 0 saturated carbocycles. The quantitative estimate of drug-likeness (QED) is 0.471. The molecule has 3 amide bonds. The molecule has 0 aromatic heterocycles. The van der Waals surface area contributed by atoms with Gasteiger partial charge in [-0.1, -0.05) is 23.7 Å². The lowest BCUT2D eigenvalue weighted by atomic mass is 9.94. The van der Waals surface area contributed by atoms with E-state index in [1.807, 2.05) is 39.8 Å². The van der Waals surface area contributed by atoms with E-state index in [-0.39, 0.29) is 29.5 Å². The topological polar surface area (TPSA) is 64.2 Å². The summed E-state index contributed by atoms with van der Waals surface area (Å²) in [5, 5.41) is 0.645. The van der Waals surface area contributed by atoms with Crippen LogP contribution in [0.15, 0.2) is 36.4 Å². The number of likely N-dealkylation sites (tertiary alicyclic amines) is 3. The van der Waals surface area contributed by atoms with Crippen molar-refractivity contribution in [3.05, 3.63) is 63.9 Å². The first-order valence-electron chi connectivity index (χ1n) is 14.7. The van der Waals surface area contributed by atoms with Crippen LogP contribution in [-0.2, 0) is 9.59 Å². The van der Waals surface area contributed by atoms with Gasteiger partial charge in [0.25, 0.3) is 5.91 Å². The Balaban J connectivity index is 1.17. The molecule has 9 heteroatoms. The molecule has 41 heavy (non-hydrogen) atoms. The number of hydrogen-bond donors (Lipinski definition) is 0. The van der Waals surface area contributed by atoms with E-state index in [0.29, 0.717) is 73.6 Å². The maximum atomic E-state index is 14.0. The normalized spacial score (nSPS) is 21.3. The number of halogens is 2. The van der Waals surface area contributed by atoms with Crippen molar-refractivity contribution < 1.29 is 18.8 Å². The van der Waals surface area contributed by atoms with E-state index in [1.54, 1.807) is 26.0 Å². The summed E-state index contributed by atoms with van der Waals surface area (Å²) in [4.78, 5) is 46.6. The van der Waals surface area contributed by atoms with Gasteiger partial charge in [-0.25, -0.2) is 4.39 Å². The van der Waals surface area contributed by atoms with Gasteiger partial charge in [0.1, 0.15) is 5.82 Å². The van der Waals surface area contributed by atoms with Crippen molar-refractivity contribution in [1.29, 1.82) is 0 Å². The molecule has 3 heterocycles. The number of piperidine rings is 1. The van der Waals surface area contributed by atoms with Crippen LogP contribution in [0.1, 0.15) is 47.7 Å². The first-order chi connectivity index (χ1) is 19.6. The molecule has 0 N–H and O–H groups in total. The zero-order chi connectivity index (χ0) is 29.3. The highest BCUT2D eigenvalue weighted by Gasteiger charge is 2.42. The van der Waals surface area contributed by atoms with Crippen LogP contribution >= 0.6 is 11.6 Å². The molecule has 3 aliphatic heterocycles. The van der Waals surface area contributed by atoms with E-state index >= 15 is 0 Å². The molecule has 0 aliphatic carbocycles. The van der Waals surface area contributed by atoms with E-state index in [1.165, 1.54) is 6.07 Å². The Labute approximate surface area is 247 Å². The molecular formula is C32H40ClFN4O3. The third-order valence-electron chi connectivity index (χ3n) is 9.23. The summed E-state index contributed by atoms with van der Waals surface area (Å²) in [5.74, 6) is 0.451. The van der Waals surface area contributed by atoms with Gasteiger partial charge in [-0.3, -0.25) is 14.4 Å². The molecular weight excluding hydrogens is 543 g/mol. The fourth-order valence-electron chi connectivity index (χ4n) is 6.68. The molecule has 2 aromatic carbocycles. The second-order valence-electron chi connectivity index (χ2n) is 12.0.